The number of aryl methyl sites for hydroxylation is 1. The second-order valence-electron chi connectivity index (χ2n) is 7.44. The van der Waals surface area contributed by atoms with Gasteiger partial charge < -0.3 is 10.2 Å². The summed E-state index contributed by atoms with van der Waals surface area (Å²) in [5.74, 6) is -2.41. The maximum Gasteiger partial charge on any atom is 0.244 e. The van der Waals surface area contributed by atoms with Gasteiger partial charge in [-0.1, -0.05) is 42.5 Å². The smallest absolute Gasteiger partial charge is 0.244 e. The summed E-state index contributed by atoms with van der Waals surface area (Å²) in [5, 5.41) is 2.75. The molecule has 0 bridgehead atoms. The van der Waals surface area contributed by atoms with Gasteiger partial charge in [-0.05, 0) is 43.0 Å². The van der Waals surface area contributed by atoms with Crippen LogP contribution in [0.1, 0.15) is 24.0 Å². The molecule has 2 aromatic carbocycles. The number of amides is 2. The number of hydrogen-bond acceptors (Lipinski definition) is 3. The van der Waals surface area contributed by atoms with E-state index in [0.717, 1.165) is 17.5 Å². The summed E-state index contributed by atoms with van der Waals surface area (Å²) in [6, 6.07) is 17.0. The zero-order valence-electron chi connectivity index (χ0n) is 15.3. The van der Waals surface area contributed by atoms with E-state index in [1.165, 1.54) is 0 Å². The van der Waals surface area contributed by atoms with Gasteiger partial charge in [0.2, 0.25) is 11.8 Å². The predicted octanol–water partition coefficient (Wildman–Crippen LogP) is 2.74. The summed E-state index contributed by atoms with van der Waals surface area (Å²) in [5.41, 5.74) is 1.72. The number of fused-ring (bicyclic) bond motifs is 1. The maximum atomic E-state index is 13.3. The largest absolute Gasteiger partial charge is 0.328 e. The van der Waals surface area contributed by atoms with Gasteiger partial charge in [0.05, 0.1) is 0 Å². The molecule has 0 saturated carbocycles. The highest BCUT2D eigenvalue weighted by Gasteiger charge is 2.62. The van der Waals surface area contributed by atoms with E-state index in [1.54, 1.807) is 11.0 Å². The molecule has 1 N–H and O–H groups in total. The van der Waals surface area contributed by atoms with Gasteiger partial charge in [0.1, 0.15) is 5.54 Å². The third-order valence-corrected chi connectivity index (χ3v) is 5.61. The number of carbonyl (C=O) groups is 3. The van der Waals surface area contributed by atoms with Crippen LogP contribution < -0.4 is 5.32 Å². The molecule has 0 aliphatic carbocycles. The lowest BCUT2D eigenvalue weighted by Gasteiger charge is -2.30. The van der Waals surface area contributed by atoms with Crippen LogP contribution in [-0.2, 0) is 20.8 Å². The van der Waals surface area contributed by atoms with Gasteiger partial charge in [-0.3, -0.25) is 14.4 Å². The first-order valence-electron chi connectivity index (χ1n) is 9.28. The zero-order chi connectivity index (χ0) is 19.0. The minimum absolute atomic E-state index is 0.265. The molecule has 0 aromatic heterocycles. The molecule has 2 aliphatic heterocycles. The first-order valence-corrected chi connectivity index (χ1v) is 9.28. The predicted molar refractivity (Wildman–Crippen MR) is 102 cm³/mol. The van der Waals surface area contributed by atoms with Gasteiger partial charge in [0.25, 0.3) is 0 Å². The molecule has 5 nitrogen and oxygen atoms in total. The van der Waals surface area contributed by atoms with E-state index in [-0.39, 0.29) is 11.7 Å². The van der Waals surface area contributed by atoms with Crippen molar-refractivity contribution in [2.45, 2.75) is 31.7 Å². The molecule has 0 spiro atoms. The normalized spacial score (nSPS) is 24.2. The Labute approximate surface area is 158 Å². The molecule has 2 atom stereocenters. The highest BCUT2D eigenvalue weighted by atomic mass is 16.2. The van der Waals surface area contributed by atoms with E-state index in [4.69, 9.17) is 0 Å². The number of Topliss-reactive ketones (excluding diaryl/α,β-unsaturated/α-hetero) is 1. The summed E-state index contributed by atoms with van der Waals surface area (Å²) in [4.78, 5) is 40.7. The fourth-order valence-corrected chi connectivity index (χ4v) is 4.37. The molecule has 2 aliphatic rings. The molecule has 5 heteroatoms. The Bertz CT molecular complexity index is 909. The van der Waals surface area contributed by atoms with Crippen LogP contribution in [0, 0.1) is 12.8 Å². The third-order valence-electron chi connectivity index (χ3n) is 5.61. The number of carbonyl (C=O) groups excluding carboxylic acids is 3. The molecule has 2 amide bonds. The van der Waals surface area contributed by atoms with Crippen molar-refractivity contribution >= 4 is 23.3 Å². The topological polar surface area (TPSA) is 66.5 Å². The number of anilines is 1. The van der Waals surface area contributed by atoms with Crippen LogP contribution >= 0.6 is 0 Å². The van der Waals surface area contributed by atoms with E-state index in [2.05, 4.69) is 5.32 Å². The Hall–Kier alpha value is -2.95. The Balaban J connectivity index is 1.61. The molecular formula is C22H22N2O3. The maximum absolute atomic E-state index is 13.3. The second-order valence-corrected chi connectivity index (χ2v) is 7.44. The van der Waals surface area contributed by atoms with Crippen molar-refractivity contribution in [3.05, 3.63) is 65.7 Å². The molecule has 0 radical (unpaired) electrons. The first kappa shape index (κ1) is 17.5. The van der Waals surface area contributed by atoms with Crippen molar-refractivity contribution in [1.82, 2.24) is 4.90 Å². The van der Waals surface area contributed by atoms with Crippen LogP contribution in [0.15, 0.2) is 54.6 Å². The Morgan fingerprint density at radius 2 is 1.93 bits per heavy atom. The van der Waals surface area contributed by atoms with Crippen molar-refractivity contribution in [2.24, 2.45) is 5.92 Å². The van der Waals surface area contributed by atoms with Crippen LogP contribution in [0.4, 0.5) is 5.69 Å². The highest BCUT2D eigenvalue weighted by Crippen LogP contribution is 2.42. The van der Waals surface area contributed by atoms with Crippen LogP contribution in [0.2, 0.25) is 0 Å². The van der Waals surface area contributed by atoms with E-state index in [1.807, 2.05) is 55.5 Å². The quantitative estimate of drug-likeness (QED) is 0.851. The fourth-order valence-electron chi connectivity index (χ4n) is 4.37. The van der Waals surface area contributed by atoms with Crippen molar-refractivity contribution in [3.63, 3.8) is 0 Å². The fraction of sp³-hybridized carbons (Fsp3) is 0.318. The first-order chi connectivity index (χ1) is 13.0. The van der Waals surface area contributed by atoms with Crippen molar-refractivity contribution in [2.75, 3.05) is 11.9 Å². The molecule has 2 saturated heterocycles. The SMILES string of the molecule is Cc1cccc(NC(=O)C2C(=O)N3CCC[C@@]3(Cc3ccccc3)C2=O)c1. The standard InChI is InChI=1S/C22H22N2O3/c1-15-7-5-10-17(13-15)23-20(26)18-19(25)22(11-6-12-24(22)21(18)27)14-16-8-3-2-4-9-16/h2-5,7-10,13,18H,6,11-12,14H2,1H3,(H,23,26)/t18?,22-/m1/s1. The number of rotatable bonds is 4. The number of nitrogens with zero attached hydrogens (tertiary/aromatic N) is 1. The number of nitrogens with one attached hydrogen (secondary N) is 1. The van der Waals surface area contributed by atoms with Gasteiger partial charge >= 0.3 is 0 Å². The minimum Gasteiger partial charge on any atom is -0.328 e. The molecule has 2 aromatic rings. The lowest BCUT2D eigenvalue weighted by molar-refractivity contribution is -0.137. The molecule has 4 rings (SSSR count). The van der Waals surface area contributed by atoms with Gasteiger partial charge in [-0.2, -0.15) is 0 Å². The molecule has 2 heterocycles. The van der Waals surface area contributed by atoms with E-state index < -0.39 is 17.4 Å². The Morgan fingerprint density at radius 1 is 1.15 bits per heavy atom. The van der Waals surface area contributed by atoms with Crippen LogP contribution in [0.5, 0.6) is 0 Å². The van der Waals surface area contributed by atoms with Crippen molar-refractivity contribution in [1.29, 1.82) is 0 Å². The van der Waals surface area contributed by atoms with Gasteiger partial charge in [0, 0.05) is 18.7 Å². The van der Waals surface area contributed by atoms with Gasteiger partial charge in [-0.25, -0.2) is 0 Å². The van der Waals surface area contributed by atoms with E-state index >= 15 is 0 Å². The molecule has 138 valence electrons. The monoisotopic (exact) mass is 362 g/mol. The average Bonchev–Trinajstić information content (AvgIpc) is 3.14. The van der Waals surface area contributed by atoms with Gasteiger partial charge in [0.15, 0.2) is 11.7 Å². The summed E-state index contributed by atoms with van der Waals surface area (Å²) in [6.45, 7) is 2.46. The van der Waals surface area contributed by atoms with Crippen LogP contribution in [0.3, 0.4) is 0 Å². The summed E-state index contributed by atoms with van der Waals surface area (Å²) in [6.07, 6.45) is 1.86. The molecule has 1 unspecified atom stereocenters. The van der Waals surface area contributed by atoms with Gasteiger partial charge in [-0.15, -0.1) is 0 Å². The van der Waals surface area contributed by atoms with Crippen molar-refractivity contribution in [3.8, 4) is 0 Å². The second kappa shape index (κ2) is 6.65. The number of hydrogen-bond donors (Lipinski definition) is 1. The summed E-state index contributed by atoms with van der Waals surface area (Å²) in [7, 11) is 0. The summed E-state index contributed by atoms with van der Waals surface area (Å²) < 4.78 is 0. The Kier molecular flexibility index (Phi) is 4.30. The van der Waals surface area contributed by atoms with Crippen LogP contribution in [0.25, 0.3) is 0 Å². The molecule has 27 heavy (non-hydrogen) atoms. The average molecular weight is 362 g/mol. The zero-order valence-corrected chi connectivity index (χ0v) is 15.3. The number of ketones is 1. The highest BCUT2D eigenvalue weighted by molar-refractivity contribution is 6.28. The van der Waals surface area contributed by atoms with E-state index in [0.29, 0.717) is 25.1 Å². The third kappa shape index (κ3) is 2.93. The molecule has 2 fully saturated rings. The lowest BCUT2D eigenvalue weighted by atomic mass is 9.82. The number of benzene rings is 2. The van der Waals surface area contributed by atoms with Crippen molar-refractivity contribution < 1.29 is 14.4 Å². The van der Waals surface area contributed by atoms with Crippen LogP contribution in [-0.4, -0.2) is 34.6 Å². The molecular weight excluding hydrogens is 340 g/mol. The Morgan fingerprint density at radius 3 is 2.67 bits per heavy atom. The van der Waals surface area contributed by atoms with E-state index in [9.17, 15) is 14.4 Å². The lowest BCUT2D eigenvalue weighted by Crippen LogP contribution is -2.47. The minimum atomic E-state index is -1.26. The summed E-state index contributed by atoms with van der Waals surface area (Å²) >= 11 is 0.